The molecular weight excluding hydrogens is 290 g/mol. The fourth-order valence-electron chi connectivity index (χ4n) is 1.58. The summed E-state index contributed by atoms with van der Waals surface area (Å²) >= 11 is 5.55. The Labute approximate surface area is 124 Å². The lowest BCUT2D eigenvalue weighted by Crippen LogP contribution is -2.11. The largest absolute Gasteiger partial charge is 0.330 e. The summed E-state index contributed by atoms with van der Waals surface area (Å²) in [6.45, 7) is 0.691. The van der Waals surface area contributed by atoms with Crippen LogP contribution in [-0.4, -0.2) is 12.5 Å². The second-order valence-electron chi connectivity index (χ2n) is 4.13. The first-order valence-electron chi connectivity index (χ1n) is 6.08. The van der Waals surface area contributed by atoms with E-state index in [-0.39, 0.29) is 23.3 Å². The second-order valence-corrected chi connectivity index (χ2v) is 4.54. The van der Waals surface area contributed by atoms with E-state index in [1.807, 2.05) is 0 Å². The molecule has 19 heavy (non-hydrogen) atoms. The molecule has 0 bridgehead atoms. The van der Waals surface area contributed by atoms with Gasteiger partial charge in [-0.2, -0.15) is 0 Å². The smallest absolute Gasteiger partial charge is 0.224 e. The van der Waals surface area contributed by atoms with E-state index in [0.29, 0.717) is 18.7 Å². The Hall–Kier alpha value is -0.840. The highest BCUT2D eigenvalue weighted by Gasteiger charge is 2.05. The van der Waals surface area contributed by atoms with E-state index in [4.69, 9.17) is 17.3 Å². The Morgan fingerprint density at radius 3 is 2.58 bits per heavy atom. The van der Waals surface area contributed by atoms with E-state index in [1.54, 1.807) is 6.07 Å². The number of nitrogens with one attached hydrogen (secondary N) is 1. The molecule has 0 aromatic heterocycles. The monoisotopic (exact) mass is 308 g/mol. The average Bonchev–Trinajstić information content (AvgIpc) is 2.34. The van der Waals surface area contributed by atoms with Crippen LogP contribution in [-0.2, 0) is 4.79 Å². The van der Waals surface area contributed by atoms with Crippen LogP contribution in [0.3, 0.4) is 0 Å². The molecule has 0 aliphatic carbocycles. The van der Waals surface area contributed by atoms with Crippen LogP contribution in [0.25, 0.3) is 0 Å². The molecule has 0 spiro atoms. The standard InChI is InChI=1S/C13H18ClFN2O.ClH/c14-11-7-6-10(9-12(11)15)17-13(18)5-3-1-2-4-8-16;/h6-7,9H,1-5,8,16H2,(H,17,18);1H. The summed E-state index contributed by atoms with van der Waals surface area (Å²) < 4.78 is 13.1. The van der Waals surface area contributed by atoms with Crippen LogP contribution in [0.5, 0.6) is 0 Å². The highest BCUT2D eigenvalue weighted by Crippen LogP contribution is 2.18. The predicted molar refractivity (Wildman–Crippen MR) is 79.4 cm³/mol. The van der Waals surface area contributed by atoms with Crippen molar-refractivity contribution in [3.8, 4) is 0 Å². The molecule has 1 amide bonds. The number of amides is 1. The summed E-state index contributed by atoms with van der Waals surface area (Å²) in [5, 5.41) is 2.69. The molecule has 0 heterocycles. The number of nitrogens with two attached hydrogens (primary N) is 1. The third kappa shape index (κ3) is 7.35. The first-order valence-corrected chi connectivity index (χ1v) is 6.46. The Balaban J connectivity index is 0.00000324. The lowest BCUT2D eigenvalue weighted by Gasteiger charge is -2.05. The number of benzene rings is 1. The van der Waals surface area contributed by atoms with E-state index in [2.05, 4.69) is 5.32 Å². The Morgan fingerprint density at radius 1 is 1.26 bits per heavy atom. The Bertz CT molecular complexity index is 402. The minimum Gasteiger partial charge on any atom is -0.330 e. The highest BCUT2D eigenvalue weighted by molar-refractivity contribution is 6.30. The number of anilines is 1. The van der Waals surface area contributed by atoms with Gasteiger partial charge < -0.3 is 11.1 Å². The van der Waals surface area contributed by atoms with E-state index in [0.717, 1.165) is 25.7 Å². The normalized spacial score (nSPS) is 9.84. The van der Waals surface area contributed by atoms with E-state index in [9.17, 15) is 9.18 Å². The van der Waals surface area contributed by atoms with Gasteiger partial charge >= 0.3 is 0 Å². The van der Waals surface area contributed by atoms with Gasteiger partial charge in [0.15, 0.2) is 0 Å². The number of hydrogen-bond donors (Lipinski definition) is 2. The first kappa shape index (κ1) is 18.2. The molecule has 1 aromatic carbocycles. The first-order chi connectivity index (χ1) is 8.63. The molecule has 6 heteroatoms. The van der Waals surface area contributed by atoms with Gasteiger partial charge in [-0.05, 0) is 37.6 Å². The number of halogens is 3. The Morgan fingerprint density at radius 2 is 1.95 bits per heavy atom. The minimum absolute atomic E-state index is 0. The van der Waals surface area contributed by atoms with Crippen LogP contribution in [0, 0.1) is 5.82 Å². The van der Waals surface area contributed by atoms with Crippen molar-refractivity contribution in [2.24, 2.45) is 5.73 Å². The summed E-state index contributed by atoms with van der Waals surface area (Å²) in [6, 6.07) is 4.22. The van der Waals surface area contributed by atoms with Crippen LogP contribution in [0.2, 0.25) is 5.02 Å². The van der Waals surface area contributed by atoms with Crippen molar-refractivity contribution in [3.63, 3.8) is 0 Å². The lowest BCUT2D eigenvalue weighted by molar-refractivity contribution is -0.116. The molecule has 3 N–H and O–H groups in total. The van der Waals surface area contributed by atoms with Crippen LogP contribution in [0.1, 0.15) is 32.1 Å². The maximum Gasteiger partial charge on any atom is 0.224 e. The maximum atomic E-state index is 13.1. The van der Waals surface area contributed by atoms with Gasteiger partial charge in [0.1, 0.15) is 5.82 Å². The topological polar surface area (TPSA) is 55.1 Å². The van der Waals surface area contributed by atoms with E-state index < -0.39 is 5.82 Å². The summed E-state index contributed by atoms with van der Waals surface area (Å²) in [5.41, 5.74) is 5.81. The van der Waals surface area contributed by atoms with Gasteiger partial charge in [-0.15, -0.1) is 12.4 Å². The van der Waals surface area contributed by atoms with Crippen molar-refractivity contribution in [3.05, 3.63) is 29.0 Å². The molecule has 0 saturated heterocycles. The van der Waals surface area contributed by atoms with E-state index >= 15 is 0 Å². The van der Waals surface area contributed by atoms with Gasteiger partial charge in [0, 0.05) is 12.1 Å². The van der Waals surface area contributed by atoms with Gasteiger partial charge in [0.05, 0.1) is 5.02 Å². The summed E-state index contributed by atoms with van der Waals surface area (Å²) in [5.74, 6) is -0.637. The summed E-state index contributed by atoms with van der Waals surface area (Å²) in [6.07, 6.45) is 4.28. The van der Waals surface area contributed by atoms with Crippen molar-refractivity contribution >= 4 is 35.6 Å². The average molecular weight is 309 g/mol. The molecule has 3 nitrogen and oxygen atoms in total. The number of carbonyl (C=O) groups is 1. The van der Waals surface area contributed by atoms with Gasteiger partial charge in [-0.3, -0.25) is 4.79 Å². The third-order valence-corrected chi connectivity index (χ3v) is 2.87. The molecule has 0 aliphatic heterocycles. The zero-order chi connectivity index (χ0) is 13.4. The van der Waals surface area contributed by atoms with Crippen LogP contribution >= 0.6 is 24.0 Å². The maximum absolute atomic E-state index is 13.1. The summed E-state index contributed by atoms with van der Waals surface area (Å²) in [7, 11) is 0. The molecule has 1 rings (SSSR count). The molecule has 108 valence electrons. The molecule has 0 fully saturated rings. The van der Waals surface area contributed by atoms with Gasteiger partial charge in [-0.1, -0.05) is 24.4 Å². The second kappa shape index (κ2) is 10.0. The molecule has 1 aromatic rings. The van der Waals surface area contributed by atoms with Gasteiger partial charge in [0.25, 0.3) is 0 Å². The van der Waals surface area contributed by atoms with Crippen LogP contribution in [0.15, 0.2) is 18.2 Å². The molecule has 0 atom stereocenters. The van der Waals surface area contributed by atoms with Gasteiger partial charge in [0.2, 0.25) is 5.91 Å². The SMILES string of the molecule is Cl.NCCCCCCC(=O)Nc1ccc(Cl)c(F)c1. The lowest BCUT2D eigenvalue weighted by atomic mass is 10.1. The molecular formula is C13H19Cl2FN2O. The van der Waals surface area contributed by atoms with Gasteiger partial charge in [-0.25, -0.2) is 4.39 Å². The molecule has 0 saturated carbocycles. The fourth-order valence-corrected chi connectivity index (χ4v) is 1.70. The molecule has 0 unspecified atom stereocenters. The highest BCUT2D eigenvalue weighted by atomic mass is 35.5. The molecule has 0 aliphatic rings. The number of hydrogen-bond acceptors (Lipinski definition) is 2. The van der Waals surface area contributed by atoms with Crippen molar-refractivity contribution in [1.82, 2.24) is 0 Å². The third-order valence-electron chi connectivity index (χ3n) is 2.56. The Kier molecular flexibility index (Phi) is 9.57. The summed E-state index contributed by atoms with van der Waals surface area (Å²) in [4.78, 5) is 11.6. The van der Waals surface area contributed by atoms with Crippen LogP contribution < -0.4 is 11.1 Å². The van der Waals surface area contributed by atoms with Crippen molar-refractivity contribution in [2.75, 3.05) is 11.9 Å². The number of rotatable bonds is 7. The zero-order valence-corrected chi connectivity index (χ0v) is 12.2. The quantitative estimate of drug-likeness (QED) is 0.754. The fraction of sp³-hybridized carbons (Fsp3) is 0.462. The predicted octanol–water partition coefficient (Wildman–Crippen LogP) is 3.75. The van der Waals surface area contributed by atoms with Crippen molar-refractivity contribution in [1.29, 1.82) is 0 Å². The minimum atomic E-state index is -0.530. The van der Waals surface area contributed by atoms with Crippen molar-refractivity contribution in [2.45, 2.75) is 32.1 Å². The molecule has 0 radical (unpaired) electrons. The zero-order valence-electron chi connectivity index (χ0n) is 10.6. The number of carbonyl (C=O) groups excluding carboxylic acids is 1. The van der Waals surface area contributed by atoms with Crippen molar-refractivity contribution < 1.29 is 9.18 Å². The van der Waals surface area contributed by atoms with E-state index in [1.165, 1.54) is 12.1 Å². The number of unbranched alkanes of at least 4 members (excludes halogenated alkanes) is 3. The van der Waals surface area contributed by atoms with Crippen LogP contribution in [0.4, 0.5) is 10.1 Å².